The summed E-state index contributed by atoms with van der Waals surface area (Å²) in [7, 11) is 0. The molecule has 0 unspecified atom stereocenters. The second-order valence-corrected chi connectivity index (χ2v) is 4.45. The number of aliphatic hydroxyl groups excluding tert-OH is 1. The van der Waals surface area contributed by atoms with Crippen LogP contribution in [0, 0.1) is 6.92 Å². The number of aryl methyl sites for hydroxylation is 1. The molecule has 0 aliphatic rings. The quantitative estimate of drug-likeness (QED) is 0.746. The standard InChI is InChI=1S/C13H14ClNO3/c1-8-4-10(13(16)17)12(5-11(8)14)15-6-9-2-3-18-7-9/h2-5,7,13,15-17H,6H2,1H3. The lowest BCUT2D eigenvalue weighted by molar-refractivity contribution is -0.0419. The fourth-order valence-electron chi connectivity index (χ4n) is 1.66. The summed E-state index contributed by atoms with van der Waals surface area (Å²) >= 11 is 6.03. The second-order valence-electron chi connectivity index (χ2n) is 4.05. The minimum Gasteiger partial charge on any atom is -0.472 e. The Morgan fingerprint density at radius 1 is 1.39 bits per heavy atom. The zero-order valence-corrected chi connectivity index (χ0v) is 10.6. The van der Waals surface area contributed by atoms with Crippen LogP contribution in [0.3, 0.4) is 0 Å². The van der Waals surface area contributed by atoms with Gasteiger partial charge in [0, 0.05) is 28.4 Å². The van der Waals surface area contributed by atoms with Gasteiger partial charge in [-0.3, -0.25) is 0 Å². The first kappa shape index (κ1) is 13.0. The molecule has 2 rings (SSSR count). The van der Waals surface area contributed by atoms with Crippen molar-refractivity contribution < 1.29 is 14.6 Å². The van der Waals surface area contributed by atoms with Crippen molar-refractivity contribution in [1.82, 2.24) is 0 Å². The zero-order valence-electron chi connectivity index (χ0n) is 9.85. The van der Waals surface area contributed by atoms with Gasteiger partial charge in [0.1, 0.15) is 0 Å². The van der Waals surface area contributed by atoms with Gasteiger partial charge in [-0.05, 0) is 30.7 Å². The van der Waals surface area contributed by atoms with Crippen molar-refractivity contribution in [3.8, 4) is 0 Å². The van der Waals surface area contributed by atoms with Crippen LogP contribution in [0.2, 0.25) is 5.02 Å². The van der Waals surface area contributed by atoms with E-state index in [1.54, 1.807) is 24.7 Å². The zero-order chi connectivity index (χ0) is 13.1. The molecule has 18 heavy (non-hydrogen) atoms. The van der Waals surface area contributed by atoms with Crippen LogP contribution in [-0.4, -0.2) is 10.2 Å². The van der Waals surface area contributed by atoms with Crippen molar-refractivity contribution in [2.45, 2.75) is 19.8 Å². The molecule has 0 aliphatic heterocycles. The number of halogens is 1. The van der Waals surface area contributed by atoms with Gasteiger partial charge in [-0.2, -0.15) is 0 Å². The minimum absolute atomic E-state index is 0.403. The number of rotatable bonds is 4. The van der Waals surface area contributed by atoms with E-state index in [1.807, 2.05) is 13.0 Å². The second kappa shape index (κ2) is 5.44. The van der Waals surface area contributed by atoms with Gasteiger partial charge in [0.05, 0.1) is 12.5 Å². The Morgan fingerprint density at radius 2 is 2.17 bits per heavy atom. The molecule has 96 valence electrons. The molecule has 1 aromatic carbocycles. The van der Waals surface area contributed by atoms with E-state index in [1.165, 1.54) is 0 Å². The van der Waals surface area contributed by atoms with Crippen molar-refractivity contribution in [2.75, 3.05) is 5.32 Å². The molecular weight excluding hydrogens is 254 g/mol. The van der Waals surface area contributed by atoms with E-state index in [2.05, 4.69) is 5.32 Å². The van der Waals surface area contributed by atoms with Gasteiger partial charge in [0.2, 0.25) is 0 Å². The normalized spacial score (nSPS) is 10.9. The molecule has 5 heteroatoms. The number of nitrogens with one attached hydrogen (secondary N) is 1. The molecule has 0 aliphatic carbocycles. The number of furan rings is 1. The molecule has 4 nitrogen and oxygen atoms in total. The molecule has 0 fully saturated rings. The Labute approximate surface area is 110 Å². The molecule has 0 spiro atoms. The van der Waals surface area contributed by atoms with Crippen LogP contribution in [0.25, 0.3) is 0 Å². The highest BCUT2D eigenvalue weighted by atomic mass is 35.5. The fourth-order valence-corrected chi connectivity index (χ4v) is 1.82. The van der Waals surface area contributed by atoms with Gasteiger partial charge in [0.15, 0.2) is 6.29 Å². The van der Waals surface area contributed by atoms with Gasteiger partial charge < -0.3 is 19.9 Å². The monoisotopic (exact) mass is 267 g/mol. The van der Waals surface area contributed by atoms with Crippen LogP contribution in [0.4, 0.5) is 5.69 Å². The summed E-state index contributed by atoms with van der Waals surface area (Å²) < 4.78 is 4.96. The van der Waals surface area contributed by atoms with Crippen LogP contribution < -0.4 is 5.32 Å². The van der Waals surface area contributed by atoms with Crippen molar-refractivity contribution in [2.24, 2.45) is 0 Å². The Kier molecular flexibility index (Phi) is 3.91. The van der Waals surface area contributed by atoms with Gasteiger partial charge >= 0.3 is 0 Å². The predicted octanol–water partition coefficient (Wildman–Crippen LogP) is 2.84. The highest BCUT2D eigenvalue weighted by Gasteiger charge is 2.12. The van der Waals surface area contributed by atoms with Crippen LogP contribution in [0.15, 0.2) is 35.1 Å². The Bertz CT molecular complexity index is 523. The molecule has 0 saturated carbocycles. The van der Waals surface area contributed by atoms with Crippen LogP contribution >= 0.6 is 11.6 Å². The summed E-state index contributed by atoms with van der Waals surface area (Å²) in [6, 6.07) is 5.17. The molecule has 0 amide bonds. The number of anilines is 1. The van der Waals surface area contributed by atoms with Crippen LogP contribution in [-0.2, 0) is 6.54 Å². The van der Waals surface area contributed by atoms with Crippen molar-refractivity contribution >= 4 is 17.3 Å². The average molecular weight is 268 g/mol. The third kappa shape index (κ3) is 2.85. The molecular formula is C13H14ClNO3. The summed E-state index contributed by atoms with van der Waals surface area (Å²) in [4.78, 5) is 0. The average Bonchev–Trinajstić information content (AvgIpc) is 2.83. The van der Waals surface area contributed by atoms with Gasteiger partial charge in [0.25, 0.3) is 0 Å². The molecule has 0 saturated heterocycles. The van der Waals surface area contributed by atoms with E-state index in [0.717, 1.165) is 11.1 Å². The first-order valence-corrected chi connectivity index (χ1v) is 5.87. The smallest absolute Gasteiger partial charge is 0.180 e. The molecule has 1 aromatic heterocycles. The highest BCUT2D eigenvalue weighted by Crippen LogP contribution is 2.28. The first-order valence-electron chi connectivity index (χ1n) is 5.49. The van der Waals surface area contributed by atoms with Gasteiger partial charge in [-0.15, -0.1) is 0 Å². The van der Waals surface area contributed by atoms with E-state index in [0.29, 0.717) is 22.8 Å². The molecule has 1 heterocycles. The molecule has 3 N–H and O–H groups in total. The Morgan fingerprint density at radius 3 is 2.78 bits per heavy atom. The van der Waals surface area contributed by atoms with E-state index >= 15 is 0 Å². The van der Waals surface area contributed by atoms with Gasteiger partial charge in [-0.1, -0.05) is 11.6 Å². The lowest BCUT2D eigenvalue weighted by Gasteiger charge is -2.15. The molecule has 2 aromatic rings. The van der Waals surface area contributed by atoms with Crippen molar-refractivity contribution in [1.29, 1.82) is 0 Å². The Balaban J connectivity index is 2.23. The maximum atomic E-state index is 9.33. The van der Waals surface area contributed by atoms with Crippen molar-refractivity contribution in [3.63, 3.8) is 0 Å². The number of aliphatic hydroxyl groups is 2. The maximum absolute atomic E-state index is 9.33. The maximum Gasteiger partial charge on any atom is 0.180 e. The first-order chi connectivity index (χ1) is 8.58. The van der Waals surface area contributed by atoms with Crippen molar-refractivity contribution in [3.05, 3.63) is 52.4 Å². The highest BCUT2D eigenvalue weighted by molar-refractivity contribution is 6.31. The third-order valence-electron chi connectivity index (χ3n) is 2.67. The lowest BCUT2D eigenvalue weighted by Crippen LogP contribution is -2.05. The van der Waals surface area contributed by atoms with E-state index in [-0.39, 0.29) is 0 Å². The minimum atomic E-state index is -1.53. The van der Waals surface area contributed by atoms with E-state index in [9.17, 15) is 10.2 Å². The summed E-state index contributed by atoms with van der Waals surface area (Å²) in [5.74, 6) is 0. The molecule has 0 bridgehead atoms. The number of hydrogen-bond donors (Lipinski definition) is 3. The summed E-state index contributed by atoms with van der Waals surface area (Å²) in [5.41, 5.74) is 2.76. The predicted molar refractivity (Wildman–Crippen MR) is 69.4 cm³/mol. The largest absolute Gasteiger partial charge is 0.472 e. The summed E-state index contributed by atoms with van der Waals surface area (Å²) in [6.45, 7) is 2.34. The SMILES string of the molecule is Cc1cc(C(O)O)c(NCc2ccoc2)cc1Cl. The molecule has 0 radical (unpaired) electrons. The summed E-state index contributed by atoms with van der Waals surface area (Å²) in [6.07, 6.45) is 1.67. The Hall–Kier alpha value is -1.49. The third-order valence-corrected chi connectivity index (χ3v) is 3.08. The fraction of sp³-hybridized carbons (Fsp3) is 0.231. The summed E-state index contributed by atoms with van der Waals surface area (Å²) in [5, 5.41) is 22.3. The van der Waals surface area contributed by atoms with Gasteiger partial charge in [-0.25, -0.2) is 0 Å². The van der Waals surface area contributed by atoms with E-state index in [4.69, 9.17) is 16.0 Å². The topological polar surface area (TPSA) is 65.6 Å². The molecule has 0 atom stereocenters. The van der Waals surface area contributed by atoms with Crippen LogP contribution in [0.1, 0.15) is 23.0 Å². The van der Waals surface area contributed by atoms with E-state index < -0.39 is 6.29 Å². The lowest BCUT2D eigenvalue weighted by atomic mass is 10.1. The number of benzene rings is 1. The number of hydrogen-bond acceptors (Lipinski definition) is 4. The van der Waals surface area contributed by atoms with Crippen LogP contribution in [0.5, 0.6) is 0 Å².